The van der Waals surface area contributed by atoms with Crippen LogP contribution in [0.3, 0.4) is 0 Å². The molecule has 1 N–H and O–H groups in total. The Balaban J connectivity index is 1.74. The number of halogens is 1. The van der Waals surface area contributed by atoms with Gasteiger partial charge in [0.05, 0.1) is 6.54 Å². The molecule has 0 saturated heterocycles. The summed E-state index contributed by atoms with van der Waals surface area (Å²) in [7, 11) is 0. The minimum absolute atomic E-state index is 0.0319. The summed E-state index contributed by atoms with van der Waals surface area (Å²) in [5.41, 5.74) is 0.307. The lowest BCUT2D eigenvalue weighted by Crippen LogP contribution is -2.42. The van der Waals surface area contributed by atoms with Crippen LogP contribution in [-0.4, -0.2) is 25.0 Å². The second kappa shape index (κ2) is 8.42. The van der Waals surface area contributed by atoms with Crippen molar-refractivity contribution in [2.24, 2.45) is 0 Å². The molecule has 0 aliphatic heterocycles. The van der Waals surface area contributed by atoms with Gasteiger partial charge in [0.1, 0.15) is 6.54 Å². The Labute approximate surface area is 179 Å². The van der Waals surface area contributed by atoms with Gasteiger partial charge in [-0.05, 0) is 29.8 Å². The third kappa shape index (κ3) is 4.06. The number of carbonyl (C=O) groups excluding carboxylic acids is 1. The topological polar surface area (TPSA) is 98.9 Å². The number of rotatable bonds is 5. The van der Waals surface area contributed by atoms with Gasteiger partial charge in [-0.2, -0.15) is 0 Å². The van der Waals surface area contributed by atoms with Gasteiger partial charge in [0.15, 0.2) is 11.2 Å². The van der Waals surface area contributed by atoms with E-state index in [1.807, 2.05) is 30.3 Å². The van der Waals surface area contributed by atoms with E-state index in [1.54, 1.807) is 24.3 Å². The number of aromatic nitrogens is 4. The fraction of sp³-hybridized carbons (Fsp3) is 0.0952. The zero-order valence-electron chi connectivity index (χ0n) is 15.7. The first-order chi connectivity index (χ1) is 14.5. The van der Waals surface area contributed by atoms with Gasteiger partial charge in [0, 0.05) is 22.6 Å². The van der Waals surface area contributed by atoms with Crippen LogP contribution in [0.4, 0.5) is 5.69 Å². The van der Waals surface area contributed by atoms with Crippen molar-refractivity contribution in [2.45, 2.75) is 13.1 Å². The second-order valence-electron chi connectivity index (χ2n) is 6.53. The quantitative estimate of drug-likeness (QED) is 0.487. The molecule has 0 aliphatic carbocycles. The SMILES string of the molecule is O=C(Cn1c(=O)n(Cc2ccccc2)c(=O)c2nccnc21)Nc1ccc(Br)cc1. The molecule has 0 spiro atoms. The van der Waals surface area contributed by atoms with E-state index in [1.165, 1.54) is 17.0 Å². The normalized spacial score (nSPS) is 10.8. The number of nitrogens with zero attached hydrogens (tertiary/aromatic N) is 4. The highest BCUT2D eigenvalue weighted by atomic mass is 79.9. The van der Waals surface area contributed by atoms with Crippen LogP contribution in [0.5, 0.6) is 0 Å². The molecule has 0 radical (unpaired) electrons. The lowest BCUT2D eigenvalue weighted by molar-refractivity contribution is -0.116. The number of nitrogens with one attached hydrogen (secondary N) is 1. The van der Waals surface area contributed by atoms with E-state index < -0.39 is 17.2 Å². The molecular formula is C21H16BrN5O3. The fourth-order valence-corrected chi connectivity index (χ4v) is 3.32. The molecule has 0 unspecified atom stereocenters. The van der Waals surface area contributed by atoms with Crippen molar-refractivity contribution in [3.63, 3.8) is 0 Å². The van der Waals surface area contributed by atoms with Crippen LogP contribution >= 0.6 is 15.9 Å². The van der Waals surface area contributed by atoms with Crippen LogP contribution in [0, 0.1) is 0 Å². The maximum atomic E-state index is 13.1. The Bertz CT molecular complexity index is 1330. The fourth-order valence-electron chi connectivity index (χ4n) is 3.06. The third-order valence-electron chi connectivity index (χ3n) is 4.46. The summed E-state index contributed by atoms with van der Waals surface area (Å²) in [6.45, 7) is -0.238. The molecule has 4 rings (SSSR count). The Kier molecular flexibility index (Phi) is 5.53. The van der Waals surface area contributed by atoms with Gasteiger partial charge in [-0.3, -0.25) is 18.7 Å². The number of hydrogen-bond acceptors (Lipinski definition) is 5. The van der Waals surface area contributed by atoms with E-state index in [0.717, 1.165) is 14.6 Å². The molecule has 1 amide bonds. The molecule has 4 aromatic rings. The molecule has 0 aliphatic rings. The first-order valence-corrected chi connectivity index (χ1v) is 9.86. The standard InChI is InChI=1S/C21H16BrN5O3/c22-15-6-8-16(9-7-15)25-17(28)13-26-19-18(23-10-11-24-19)20(29)27(21(26)30)12-14-4-2-1-3-5-14/h1-11H,12-13H2,(H,25,28). The van der Waals surface area contributed by atoms with Crippen LogP contribution in [0.15, 0.2) is 81.1 Å². The summed E-state index contributed by atoms with van der Waals surface area (Å²) in [6.07, 6.45) is 2.76. The van der Waals surface area contributed by atoms with Gasteiger partial charge in [0.25, 0.3) is 5.56 Å². The number of benzene rings is 2. The number of carbonyl (C=O) groups is 1. The van der Waals surface area contributed by atoms with E-state index >= 15 is 0 Å². The molecule has 2 aromatic carbocycles. The smallest absolute Gasteiger partial charge is 0.325 e. The predicted molar refractivity (Wildman–Crippen MR) is 116 cm³/mol. The van der Waals surface area contributed by atoms with E-state index in [2.05, 4.69) is 31.2 Å². The minimum atomic E-state index is -0.622. The summed E-state index contributed by atoms with van der Waals surface area (Å²) in [6, 6.07) is 16.2. The lowest BCUT2D eigenvalue weighted by Gasteiger charge is -2.13. The number of anilines is 1. The molecule has 9 heteroatoms. The monoisotopic (exact) mass is 465 g/mol. The van der Waals surface area contributed by atoms with Crippen LogP contribution in [-0.2, 0) is 17.9 Å². The molecule has 8 nitrogen and oxygen atoms in total. The van der Waals surface area contributed by atoms with Crippen molar-refractivity contribution in [1.82, 2.24) is 19.1 Å². The predicted octanol–water partition coefficient (Wildman–Crippen LogP) is 2.40. The summed E-state index contributed by atoms with van der Waals surface area (Å²) >= 11 is 3.34. The molecule has 2 aromatic heterocycles. The van der Waals surface area contributed by atoms with Crippen LogP contribution < -0.4 is 16.6 Å². The Morgan fingerprint density at radius 1 is 0.933 bits per heavy atom. The Morgan fingerprint density at radius 2 is 1.63 bits per heavy atom. The van der Waals surface area contributed by atoms with Crippen LogP contribution in [0.25, 0.3) is 11.2 Å². The number of fused-ring (bicyclic) bond motifs is 1. The number of amides is 1. The Hall–Kier alpha value is -3.59. The molecular weight excluding hydrogens is 450 g/mol. The summed E-state index contributed by atoms with van der Waals surface area (Å²) in [5.74, 6) is -0.420. The first kappa shape index (κ1) is 19.7. The van der Waals surface area contributed by atoms with Gasteiger partial charge < -0.3 is 5.32 Å². The van der Waals surface area contributed by atoms with E-state index in [4.69, 9.17) is 0 Å². The summed E-state index contributed by atoms with van der Waals surface area (Å²) < 4.78 is 3.12. The average Bonchev–Trinajstić information content (AvgIpc) is 2.76. The van der Waals surface area contributed by atoms with Crippen LogP contribution in [0.2, 0.25) is 0 Å². The first-order valence-electron chi connectivity index (χ1n) is 9.06. The van der Waals surface area contributed by atoms with Crippen molar-refractivity contribution >= 4 is 38.7 Å². The van der Waals surface area contributed by atoms with E-state index in [0.29, 0.717) is 5.69 Å². The maximum absolute atomic E-state index is 13.1. The van der Waals surface area contributed by atoms with Crippen molar-refractivity contribution in [3.8, 4) is 0 Å². The molecule has 2 heterocycles. The average molecular weight is 466 g/mol. The van der Waals surface area contributed by atoms with E-state index in [9.17, 15) is 14.4 Å². The molecule has 0 fully saturated rings. The molecule has 150 valence electrons. The minimum Gasteiger partial charge on any atom is -0.325 e. The van der Waals surface area contributed by atoms with Gasteiger partial charge in [-0.15, -0.1) is 0 Å². The maximum Gasteiger partial charge on any atom is 0.333 e. The van der Waals surface area contributed by atoms with Gasteiger partial charge in [-0.1, -0.05) is 46.3 Å². The molecule has 0 atom stereocenters. The van der Waals surface area contributed by atoms with Crippen molar-refractivity contribution < 1.29 is 4.79 Å². The molecule has 0 saturated carbocycles. The highest BCUT2D eigenvalue weighted by Crippen LogP contribution is 2.14. The summed E-state index contributed by atoms with van der Waals surface area (Å²) in [4.78, 5) is 46.8. The highest BCUT2D eigenvalue weighted by Gasteiger charge is 2.17. The zero-order valence-corrected chi connectivity index (χ0v) is 17.2. The molecule has 0 bridgehead atoms. The van der Waals surface area contributed by atoms with Gasteiger partial charge >= 0.3 is 5.69 Å². The second-order valence-corrected chi connectivity index (χ2v) is 7.44. The van der Waals surface area contributed by atoms with E-state index in [-0.39, 0.29) is 24.3 Å². The van der Waals surface area contributed by atoms with Gasteiger partial charge in [-0.25, -0.2) is 14.8 Å². The van der Waals surface area contributed by atoms with Crippen molar-refractivity contribution in [3.05, 3.63) is 97.9 Å². The number of hydrogen-bond donors (Lipinski definition) is 1. The third-order valence-corrected chi connectivity index (χ3v) is 4.99. The lowest BCUT2D eigenvalue weighted by atomic mass is 10.2. The van der Waals surface area contributed by atoms with Gasteiger partial charge in [0.2, 0.25) is 5.91 Å². The summed E-state index contributed by atoms with van der Waals surface area (Å²) in [5, 5.41) is 2.74. The largest absolute Gasteiger partial charge is 0.333 e. The van der Waals surface area contributed by atoms with Crippen molar-refractivity contribution in [2.75, 3.05) is 5.32 Å². The molecule has 30 heavy (non-hydrogen) atoms. The zero-order chi connectivity index (χ0) is 21.1. The van der Waals surface area contributed by atoms with Crippen LogP contribution in [0.1, 0.15) is 5.56 Å². The highest BCUT2D eigenvalue weighted by molar-refractivity contribution is 9.10. The van der Waals surface area contributed by atoms with Crippen molar-refractivity contribution in [1.29, 1.82) is 0 Å². The Morgan fingerprint density at radius 3 is 2.37 bits per heavy atom.